The fraction of sp³-hybridized carbons (Fsp3) is 0.462. The molecule has 0 spiro atoms. The third-order valence-electron chi connectivity index (χ3n) is 3.32. The highest BCUT2D eigenvalue weighted by Crippen LogP contribution is 2.24. The van der Waals surface area contributed by atoms with Crippen molar-refractivity contribution >= 4 is 17.3 Å². The Kier molecular flexibility index (Phi) is 4.31. The zero-order valence-corrected chi connectivity index (χ0v) is 11.2. The van der Waals surface area contributed by atoms with Gasteiger partial charge in [-0.15, -0.1) is 0 Å². The van der Waals surface area contributed by atoms with Crippen LogP contribution in [0.15, 0.2) is 18.2 Å². The molecule has 1 aliphatic rings. The van der Waals surface area contributed by atoms with E-state index in [9.17, 15) is 14.9 Å². The molecule has 0 radical (unpaired) electrons. The van der Waals surface area contributed by atoms with Crippen LogP contribution in [0.1, 0.15) is 18.4 Å². The lowest BCUT2D eigenvalue weighted by Crippen LogP contribution is -2.29. The molecule has 0 aliphatic carbocycles. The number of rotatable bonds is 4. The number of nitro benzene ring substituents is 1. The van der Waals surface area contributed by atoms with E-state index in [1.807, 2.05) is 0 Å². The molecule has 1 amide bonds. The van der Waals surface area contributed by atoms with Crippen LogP contribution in [0.4, 0.5) is 11.4 Å². The number of nitrogens with two attached hydrogens (primary N) is 1. The largest absolute Gasteiger partial charge is 0.364 e. The maximum absolute atomic E-state index is 12.0. The van der Waals surface area contributed by atoms with Gasteiger partial charge in [0.15, 0.2) is 0 Å². The van der Waals surface area contributed by atoms with E-state index in [0.29, 0.717) is 24.2 Å². The number of hydrogen-bond acceptors (Lipinski definition) is 5. The molecule has 7 heteroatoms. The molecule has 2 rings (SSSR count). The Labute approximate surface area is 116 Å². The van der Waals surface area contributed by atoms with E-state index < -0.39 is 11.0 Å². The molecule has 108 valence electrons. The third-order valence-corrected chi connectivity index (χ3v) is 3.32. The maximum Gasteiger partial charge on any atom is 0.272 e. The number of amides is 1. The number of nitrogens with one attached hydrogen (secondary N) is 1. The third kappa shape index (κ3) is 3.12. The minimum atomic E-state index is -0.501. The van der Waals surface area contributed by atoms with Gasteiger partial charge in [0.05, 0.1) is 11.0 Å². The van der Waals surface area contributed by atoms with Crippen molar-refractivity contribution < 1.29 is 14.5 Å². The number of hydrogen-bond donors (Lipinski definition) is 2. The quantitative estimate of drug-likeness (QED) is 0.639. The van der Waals surface area contributed by atoms with Gasteiger partial charge in [-0.3, -0.25) is 14.9 Å². The summed E-state index contributed by atoms with van der Waals surface area (Å²) in [5.74, 6) is -0.241. The molecule has 0 bridgehead atoms. The minimum Gasteiger partial charge on any atom is -0.364 e. The molecular formula is C13H17N3O4. The summed E-state index contributed by atoms with van der Waals surface area (Å²) in [6.07, 6.45) is 0.844. The number of nitro groups is 1. The average Bonchev–Trinajstić information content (AvgIpc) is 2.87. The number of carbonyl (C=O) groups excluding carboxylic acids is 1. The Morgan fingerprint density at radius 1 is 1.55 bits per heavy atom. The van der Waals surface area contributed by atoms with Gasteiger partial charge in [0, 0.05) is 23.9 Å². The standard InChI is InChI=1S/C13H17N3O4/c1-8-6-9(2-4-11(8)16(18)19)15-13(17)12-5-3-10(7-14)20-12/h2,4,6,10,12H,3,5,7,14H2,1H3,(H,15,17). The summed E-state index contributed by atoms with van der Waals surface area (Å²) in [6, 6.07) is 4.47. The van der Waals surface area contributed by atoms with Gasteiger partial charge >= 0.3 is 0 Å². The van der Waals surface area contributed by atoms with Crippen molar-refractivity contribution in [3.05, 3.63) is 33.9 Å². The van der Waals surface area contributed by atoms with Crippen LogP contribution in [0, 0.1) is 17.0 Å². The topological polar surface area (TPSA) is 107 Å². The van der Waals surface area contributed by atoms with Crippen LogP contribution in [0.25, 0.3) is 0 Å². The number of benzene rings is 1. The molecule has 7 nitrogen and oxygen atoms in total. The summed E-state index contributed by atoms with van der Waals surface area (Å²) < 4.78 is 5.49. The van der Waals surface area contributed by atoms with Crippen molar-refractivity contribution in [3.63, 3.8) is 0 Å². The van der Waals surface area contributed by atoms with Crippen molar-refractivity contribution in [1.29, 1.82) is 0 Å². The van der Waals surface area contributed by atoms with Crippen molar-refractivity contribution in [3.8, 4) is 0 Å². The maximum atomic E-state index is 12.0. The minimum absolute atomic E-state index is 0.0308. The first-order valence-electron chi connectivity index (χ1n) is 6.42. The fourth-order valence-electron chi connectivity index (χ4n) is 2.23. The predicted molar refractivity (Wildman–Crippen MR) is 73.4 cm³/mol. The molecule has 1 aromatic carbocycles. The highest BCUT2D eigenvalue weighted by molar-refractivity contribution is 5.94. The van der Waals surface area contributed by atoms with Crippen molar-refractivity contribution in [1.82, 2.24) is 0 Å². The van der Waals surface area contributed by atoms with Gasteiger partial charge in [-0.25, -0.2) is 0 Å². The van der Waals surface area contributed by atoms with E-state index in [0.717, 1.165) is 6.42 Å². The first-order chi connectivity index (χ1) is 9.51. The predicted octanol–water partition coefficient (Wildman–Crippen LogP) is 1.35. The van der Waals surface area contributed by atoms with Gasteiger partial charge in [-0.05, 0) is 31.9 Å². The Morgan fingerprint density at radius 2 is 2.30 bits per heavy atom. The molecule has 1 fully saturated rings. The van der Waals surface area contributed by atoms with E-state index in [1.165, 1.54) is 12.1 Å². The molecule has 0 aromatic heterocycles. The Balaban J connectivity index is 2.02. The van der Waals surface area contributed by atoms with Crippen molar-refractivity contribution in [2.24, 2.45) is 5.73 Å². The molecule has 2 unspecified atom stereocenters. The van der Waals surface area contributed by atoms with Crippen molar-refractivity contribution in [2.75, 3.05) is 11.9 Å². The van der Waals surface area contributed by atoms with Crippen LogP contribution in [0.2, 0.25) is 0 Å². The Hall–Kier alpha value is -1.99. The van der Waals surface area contributed by atoms with Crippen LogP contribution in [-0.4, -0.2) is 29.6 Å². The van der Waals surface area contributed by atoms with E-state index in [1.54, 1.807) is 13.0 Å². The van der Waals surface area contributed by atoms with Gasteiger partial charge in [0.1, 0.15) is 6.10 Å². The van der Waals surface area contributed by atoms with E-state index in [-0.39, 0.29) is 17.7 Å². The Bertz CT molecular complexity index is 532. The Morgan fingerprint density at radius 3 is 2.85 bits per heavy atom. The zero-order chi connectivity index (χ0) is 14.7. The summed E-state index contributed by atoms with van der Waals surface area (Å²) in [7, 11) is 0. The molecule has 0 saturated carbocycles. The molecule has 20 heavy (non-hydrogen) atoms. The van der Waals surface area contributed by atoms with Gasteiger partial charge in [-0.1, -0.05) is 0 Å². The number of nitrogens with zero attached hydrogens (tertiary/aromatic N) is 1. The van der Waals surface area contributed by atoms with Crippen molar-refractivity contribution in [2.45, 2.75) is 32.0 Å². The number of carbonyl (C=O) groups is 1. The van der Waals surface area contributed by atoms with E-state index in [4.69, 9.17) is 10.5 Å². The highest BCUT2D eigenvalue weighted by atomic mass is 16.6. The van der Waals surface area contributed by atoms with Crippen LogP contribution in [-0.2, 0) is 9.53 Å². The second-order valence-electron chi connectivity index (χ2n) is 4.81. The summed E-state index contributed by atoms with van der Waals surface area (Å²) in [5, 5.41) is 13.4. The molecular weight excluding hydrogens is 262 g/mol. The normalized spacial score (nSPS) is 21.7. The van der Waals surface area contributed by atoms with Gasteiger partial charge < -0.3 is 15.8 Å². The van der Waals surface area contributed by atoms with Gasteiger partial charge in [0.2, 0.25) is 0 Å². The van der Waals surface area contributed by atoms with Crippen LogP contribution in [0.5, 0.6) is 0 Å². The number of ether oxygens (including phenoxy) is 1. The molecule has 1 aromatic rings. The molecule has 1 saturated heterocycles. The summed E-state index contributed by atoms with van der Waals surface area (Å²) in [6.45, 7) is 2.03. The van der Waals surface area contributed by atoms with Crippen LogP contribution in [0.3, 0.4) is 0 Å². The highest BCUT2D eigenvalue weighted by Gasteiger charge is 2.29. The number of anilines is 1. The van der Waals surface area contributed by atoms with Crippen LogP contribution < -0.4 is 11.1 Å². The molecule has 1 aliphatic heterocycles. The lowest BCUT2D eigenvalue weighted by atomic mass is 10.1. The second kappa shape index (κ2) is 5.98. The first-order valence-corrected chi connectivity index (χ1v) is 6.42. The van der Waals surface area contributed by atoms with E-state index >= 15 is 0 Å². The SMILES string of the molecule is Cc1cc(NC(=O)C2CCC(CN)O2)ccc1[N+](=O)[O-]. The zero-order valence-electron chi connectivity index (χ0n) is 11.2. The van der Waals surface area contributed by atoms with Gasteiger partial charge in [-0.2, -0.15) is 0 Å². The summed E-state index contributed by atoms with van der Waals surface area (Å²) >= 11 is 0. The second-order valence-corrected chi connectivity index (χ2v) is 4.81. The molecule has 2 atom stereocenters. The smallest absolute Gasteiger partial charge is 0.272 e. The molecule has 3 N–H and O–H groups in total. The lowest BCUT2D eigenvalue weighted by Gasteiger charge is -2.13. The molecule has 1 heterocycles. The van der Waals surface area contributed by atoms with E-state index in [2.05, 4.69) is 5.32 Å². The summed E-state index contributed by atoms with van der Waals surface area (Å²) in [5.41, 5.74) is 6.55. The average molecular weight is 279 g/mol. The number of aryl methyl sites for hydroxylation is 1. The van der Waals surface area contributed by atoms with Gasteiger partial charge in [0.25, 0.3) is 11.6 Å². The van der Waals surface area contributed by atoms with Crippen LogP contribution >= 0.6 is 0 Å². The summed E-state index contributed by atoms with van der Waals surface area (Å²) in [4.78, 5) is 22.3. The monoisotopic (exact) mass is 279 g/mol. The fourth-order valence-corrected chi connectivity index (χ4v) is 2.23. The first kappa shape index (κ1) is 14.4. The lowest BCUT2D eigenvalue weighted by molar-refractivity contribution is -0.385.